The minimum Gasteiger partial charge on any atom is -0.487 e. The molecule has 11 nitrogen and oxygen atoms in total. The maximum absolute atomic E-state index is 13.6. The molecule has 2 aromatic carbocycles. The van der Waals surface area contributed by atoms with Gasteiger partial charge in [-0.2, -0.15) is 0 Å². The van der Waals surface area contributed by atoms with E-state index in [2.05, 4.69) is 32.0 Å². The largest absolute Gasteiger partial charge is 0.487 e. The first-order chi connectivity index (χ1) is 25.4. The van der Waals surface area contributed by atoms with Crippen molar-refractivity contribution in [2.75, 3.05) is 56.5 Å². The molecule has 3 N–H and O–H groups in total. The van der Waals surface area contributed by atoms with Crippen molar-refractivity contribution in [3.8, 4) is 5.75 Å². The Bertz CT molecular complexity index is 1780. The summed E-state index contributed by atoms with van der Waals surface area (Å²) in [5.74, 6) is 0.305. The Balaban J connectivity index is 1.40. The minimum atomic E-state index is -4.00. The Morgan fingerprint density at radius 1 is 1.09 bits per heavy atom. The van der Waals surface area contributed by atoms with Crippen molar-refractivity contribution in [3.63, 3.8) is 0 Å². The number of carbonyl (C=O) groups excluding carboxylic acids is 1. The van der Waals surface area contributed by atoms with Gasteiger partial charge in [0.15, 0.2) is 11.1 Å². The predicted octanol–water partition coefficient (Wildman–Crippen LogP) is 5.40. The smallest absolute Gasteiger partial charge is 0.264 e. The Kier molecular flexibility index (Phi) is 13.3. The van der Waals surface area contributed by atoms with Gasteiger partial charge < -0.3 is 24.2 Å². The number of hydrogen-bond acceptors (Lipinski definition) is 9. The second-order valence-corrected chi connectivity index (χ2v) is 18.7. The summed E-state index contributed by atoms with van der Waals surface area (Å²) in [4.78, 5) is 18.3. The number of carbonyl (C=O) groups is 1. The Morgan fingerprint density at radius 2 is 1.92 bits per heavy atom. The van der Waals surface area contributed by atoms with Crippen molar-refractivity contribution in [1.29, 1.82) is 0 Å². The van der Waals surface area contributed by atoms with Crippen LogP contribution in [0.2, 0.25) is 5.02 Å². The number of halogens is 1. The number of anilines is 1. The van der Waals surface area contributed by atoms with E-state index in [9.17, 15) is 22.0 Å². The van der Waals surface area contributed by atoms with Crippen LogP contribution in [-0.2, 0) is 38.9 Å². The summed E-state index contributed by atoms with van der Waals surface area (Å²) in [6, 6.07) is 11.0. The fraction of sp³-hybridized carbons (Fsp3) is 0.615. The molecular weight excluding hydrogens is 736 g/mol. The summed E-state index contributed by atoms with van der Waals surface area (Å²) in [5.41, 5.74) is 2.61. The van der Waals surface area contributed by atoms with Gasteiger partial charge >= 0.3 is 0 Å². The molecule has 1 saturated heterocycles. The molecule has 53 heavy (non-hydrogen) atoms. The summed E-state index contributed by atoms with van der Waals surface area (Å²) >= 11 is 4.49. The summed E-state index contributed by atoms with van der Waals surface area (Å²) in [5, 5.41) is 3.26. The lowest BCUT2D eigenvalue weighted by atomic mass is 9.63. The molecule has 1 amide bonds. The molecule has 0 radical (unpaired) electrons. The molecule has 6 rings (SSSR count). The van der Waals surface area contributed by atoms with Crippen molar-refractivity contribution in [1.82, 2.24) is 14.9 Å². The van der Waals surface area contributed by atoms with Crippen LogP contribution in [0.15, 0.2) is 48.6 Å². The Labute approximate surface area is 322 Å². The van der Waals surface area contributed by atoms with Gasteiger partial charge in [0.2, 0.25) is 10.0 Å². The molecule has 4 aliphatic rings. The van der Waals surface area contributed by atoms with E-state index in [1.165, 1.54) is 0 Å². The summed E-state index contributed by atoms with van der Waals surface area (Å²) in [6.45, 7) is 10.6. The highest BCUT2D eigenvalue weighted by Crippen LogP contribution is 2.47. The number of allylic oxidation sites excluding steroid dienone is 1. The van der Waals surface area contributed by atoms with Gasteiger partial charge in [0, 0.05) is 62.5 Å². The van der Waals surface area contributed by atoms with Crippen LogP contribution in [0.5, 0.6) is 5.75 Å². The van der Waals surface area contributed by atoms with Gasteiger partial charge in [-0.15, -0.1) is 0 Å². The van der Waals surface area contributed by atoms with Crippen molar-refractivity contribution in [2.45, 2.75) is 82.8 Å². The molecule has 0 spiro atoms. The predicted molar refractivity (Wildman–Crippen MR) is 211 cm³/mol. The zero-order valence-corrected chi connectivity index (χ0v) is 33.5. The number of amides is 1. The van der Waals surface area contributed by atoms with Crippen LogP contribution in [0.4, 0.5) is 5.69 Å². The number of sulfonamides is 1. The first-order valence-electron chi connectivity index (χ1n) is 19.1. The lowest BCUT2D eigenvalue weighted by Crippen LogP contribution is -2.60. The molecule has 2 fully saturated rings. The summed E-state index contributed by atoms with van der Waals surface area (Å²) in [7, 11) is -4.00. The summed E-state index contributed by atoms with van der Waals surface area (Å²) < 4.78 is 64.3. The molecule has 3 heterocycles. The molecule has 7 atom stereocenters. The van der Waals surface area contributed by atoms with Crippen LogP contribution in [0.3, 0.4) is 0 Å². The third-order valence-corrected chi connectivity index (χ3v) is 14.6. The second kappa shape index (κ2) is 17.5. The van der Waals surface area contributed by atoms with Crippen molar-refractivity contribution in [2.24, 2.45) is 17.8 Å². The van der Waals surface area contributed by atoms with E-state index in [4.69, 9.17) is 21.1 Å². The van der Waals surface area contributed by atoms with E-state index in [1.807, 2.05) is 32.0 Å². The SMILES string of the molecule is CCO[C@]1(CN2CCN[C@@H](CS(=O)O)C2)/C=C/C[C@H](C)[C@@H](C)S(=O)(=O)NC(=O)c2ccc3c(c2)N(CCCCc2cc(Cl)ccc2CO3)C[C@@H]2CC[C@H]21. The number of piperazine rings is 1. The maximum Gasteiger partial charge on any atom is 0.264 e. The average Bonchev–Trinajstić information content (AvgIpc) is 3.12. The molecule has 14 heteroatoms. The van der Waals surface area contributed by atoms with Gasteiger partial charge in [-0.3, -0.25) is 9.69 Å². The third-order valence-electron chi connectivity index (χ3n) is 11.7. The van der Waals surface area contributed by atoms with E-state index in [0.29, 0.717) is 56.6 Å². The molecule has 292 valence electrons. The first-order valence-corrected chi connectivity index (χ1v) is 22.3. The topological polar surface area (TPSA) is 138 Å². The fourth-order valence-electron chi connectivity index (χ4n) is 8.49. The van der Waals surface area contributed by atoms with Crippen LogP contribution in [0.25, 0.3) is 0 Å². The van der Waals surface area contributed by atoms with Gasteiger partial charge in [-0.1, -0.05) is 36.7 Å². The highest BCUT2D eigenvalue weighted by molar-refractivity contribution is 7.90. The quantitative estimate of drug-likeness (QED) is 0.258. The number of fused-ring (bicyclic) bond motifs is 3. The minimum absolute atomic E-state index is 0.104. The van der Waals surface area contributed by atoms with E-state index in [1.54, 1.807) is 25.1 Å². The molecule has 0 aromatic heterocycles. The molecular formula is C39H55ClN4O7S2. The first kappa shape index (κ1) is 40.2. The normalized spacial score (nSPS) is 31.0. The fourth-order valence-corrected chi connectivity index (χ4v) is 10.5. The number of benzene rings is 2. The standard InChI is InChI=1S/C39H55ClN4O7S2/c1-4-51-39(26-43-19-17-41-34(23-43)25-52(46)47)16-7-8-27(2)28(3)53(48,49)42-38(45)30-12-15-37-36(21-30)44(22-31-11-14-35(31)39)18-6-5-9-29-20-33(40)13-10-32(29)24-50-37/h7,10,12-13,15-16,20-21,27-28,31,34-35,41H,4-6,8-9,11,14,17-19,22-26H2,1-3H3,(H,42,45)(H,46,47)/b16-7+/t27-,28+,31-,34+,35+,39-/m0/s1. The van der Waals surface area contributed by atoms with E-state index >= 15 is 0 Å². The van der Waals surface area contributed by atoms with E-state index in [0.717, 1.165) is 62.0 Å². The highest BCUT2D eigenvalue weighted by atomic mass is 35.5. The molecule has 1 aliphatic carbocycles. The molecule has 2 bridgehead atoms. The number of ether oxygens (including phenoxy) is 2. The van der Waals surface area contributed by atoms with Crippen LogP contribution in [0.1, 0.15) is 74.4 Å². The molecule has 1 saturated carbocycles. The Hall–Kier alpha value is -2.52. The number of nitrogens with zero attached hydrogens (tertiary/aromatic N) is 2. The Morgan fingerprint density at radius 3 is 2.68 bits per heavy atom. The average molecular weight is 791 g/mol. The zero-order chi connectivity index (χ0) is 37.8. The molecule has 3 aliphatic heterocycles. The van der Waals surface area contributed by atoms with Crippen LogP contribution >= 0.6 is 11.6 Å². The lowest BCUT2D eigenvalue weighted by molar-refractivity contribution is -0.111. The maximum atomic E-state index is 13.6. The molecule has 2 aromatic rings. The van der Waals surface area contributed by atoms with Gasteiger partial charge in [-0.25, -0.2) is 17.3 Å². The van der Waals surface area contributed by atoms with Crippen molar-refractivity contribution < 1.29 is 31.4 Å². The van der Waals surface area contributed by atoms with Crippen LogP contribution in [-0.4, -0.2) is 96.5 Å². The second-order valence-electron chi connectivity index (χ2n) is 15.3. The van der Waals surface area contributed by atoms with Gasteiger partial charge in [0.1, 0.15) is 18.0 Å². The van der Waals surface area contributed by atoms with Crippen LogP contribution in [0, 0.1) is 17.8 Å². The monoisotopic (exact) mass is 790 g/mol. The molecule has 1 unspecified atom stereocenters. The van der Waals surface area contributed by atoms with Gasteiger partial charge in [0.05, 0.1) is 16.7 Å². The van der Waals surface area contributed by atoms with E-state index < -0.39 is 37.9 Å². The zero-order valence-electron chi connectivity index (χ0n) is 31.1. The third kappa shape index (κ3) is 9.66. The lowest BCUT2D eigenvalue weighted by Gasteiger charge is -2.52. The van der Waals surface area contributed by atoms with Gasteiger partial charge in [0.25, 0.3) is 5.91 Å². The van der Waals surface area contributed by atoms with Crippen molar-refractivity contribution >= 4 is 44.3 Å². The van der Waals surface area contributed by atoms with Gasteiger partial charge in [-0.05, 0) is 112 Å². The number of rotatable bonds is 6. The van der Waals surface area contributed by atoms with E-state index in [-0.39, 0.29) is 35.1 Å². The number of aryl methyl sites for hydroxylation is 1. The highest BCUT2D eigenvalue weighted by Gasteiger charge is 2.49. The number of hydrogen-bond donors (Lipinski definition) is 3. The number of nitrogens with one attached hydrogen (secondary N) is 2. The van der Waals surface area contributed by atoms with Crippen LogP contribution < -0.4 is 19.7 Å². The van der Waals surface area contributed by atoms with Crippen molar-refractivity contribution in [3.05, 3.63) is 70.3 Å². The summed E-state index contributed by atoms with van der Waals surface area (Å²) in [6.07, 6.45) is 9.44.